The first kappa shape index (κ1) is 20.4. The molecule has 2 saturated heterocycles. The van der Waals surface area contributed by atoms with Crippen LogP contribution in [0.25, 0.3) is 10.2 Å². The molecule has 3 atom stereocenters. The van der Waals surface area contributed by atoms with Gasteiger partial charge in [0.1, 0.15) is 11.6 Å². The third-order valence-electron chi connectivity index (χ3n) is 6.43. The van der Waals surface area contributed by atoms with Gasteiger partial charge < -0.3 is 10.1 Å². The Bertz CT molecular complexity index is 1070. The largest absolute Gasteiger partial charge is 0.431 e. The van der Waals surface area contributed by atoms with Crippen LogP contribution < -0.4 is 10.1 Å². The standard InChI is InChI=1S/C24H26FN3O2S/c1-15(29)26-17-13-18-7-8-19(14-17)28(18)12-11-16-5-9-20(10-6-16)30-24-27-22-4-2-3-21(25)23(22)31-24/h2-6,9-10,17-19H,7-8,11-14H2,1H3,(H,26,29)/t17?,18-,19?/m1/s1. The number of benzene rings is 2. The molecule has 5 rings (SSSR count). The lowest BCUT2D eigenvalue weighted by molar-refractivity contribution is -0.120. The van der Waals surface area contributed by atoms with Crippen LogP contribution in [0.5, 0.6) is 10.9 Å². The zero-order valence-electron chi connectivity index (χ0n) is 17.5. The fourth-order valence-corrected chi connectivity index (χ4v) is 5.91. The lowest BCUT2D eigenvalue weighted by atomic mass is 9.96. The first-order valence-corrected chi connectivity index (χ1v) is 11.7. The number of nitrogens with zero attached hydrogens (tertiary/aromatic N) is 2. The van der Waals surface area contributed by atoms with Crippen molar-refractivity contribution >= 4 is 27.5 Å². The molecule has 1 aromatic heterocycles. The van der Waals surface area contributed by atoms with Gasteiger partial charge in [0.15, 0.2) is 0 Å². The monoisotopic (exact) mass is 439 g/mol. The molecule has 0 spiro atoms. The molecule has 2 aromatic carbocycles. The summed E-state index contributed by atoms with van der Waals surface area (Å²) in [5.74, 6) is 0.519. The number of nitrogens with one attached hydrogen (secondary N) is 1. The van der Waals surface area contributed by atoms with Gasteiger partial charge in [0.25, 0.3) is 5.19 Å². The van der Waals surface area contributed by atoms with Crippen LogP contribution in [-0.2, 0) is 11.2 Å². The average Bonchev–Trinajstić information content (AvgIpc) is 3.25. The Hall–Kier alpha value is -2.51. The number of carbonyl (C=O) groups is 1. The van der Waals surface area contributed by atoms with Gasteiger partial charge in [-0.2, -0.15) is 0 Å². The predicted molar refractivity (Wildman–Crippen MR) is 120 cm³/mol. The Morgan fingerprint density at radius 2 is 1.94 bits per heavy atom. The minimum Gasteiger partial charge on any atom is -0.431 e. The first-order valence-electron chi connectivity index (χ1n) is 10.9. The Kier molecular flexibility index (Phi) is 5.63. The van der Waals surface area contributed by atoms with Crippen LogP contribution in [-0.4, -0.2) is 40.5 Å². The number of amides is 1. The maximum atomic E-state index is 13.9. The number of halogens is 1. The van der Waals surface area contributed by atoms with Gasteiger partial charge in [-0.05, 0) is 61.9 Å². The van der Waals surface area contributed by atoms with Crippen LogP contribution in [0.15, 0.2) is 42.5 Å². The van der Waals surface area contributed by atoms with Gasteiger partial charge in [-0.1, -0.05) is 29.5 Å². The van der Waals surface area contributed by atoms with E-state index in [0.29, 0.717) is 39.3 Å². The summed E-state index contributed by atoms with van der Waals surface area (Å²) in [7, 11) is 0. The molecule has 2 fully saturated rings. The Morgan fingerprint density at radius 1 is 1.19 bits per heavy atom. The highest BCUT2D eigenvalue weighted by molar-refractivity contribution is 7.20. The molecule has 0 saturated carbocycles. The Labute approximate surface area is 185 Å². The van der Waals surface area contributed by atoms with E-state index < -0.39 is 0 Å². The lowest BCUT2D eigenvalue weighted by Crippen LogP contribution is -2.50. The van der Waals surface area contributed by atoms with E-state index in [9.17, 15) is 9.18 Å². The fourth-order valence-electron chi connectivity index (χ4n) is 5.07. The van der Waals surface area contributed by atoms with E-state index in [0.717, 1.165) is 25.8 Å². The summed E-state index contributed by atoms with van der Waals surface area (Å²) in [6.07, 6.45) is 5.58. The second-order valence-electron chi connectivity index (χ2n) is 8.56. The summed E-state index contributed by atoms with van der Waals surface area (Å²) < 4.78 is 20.2. The molecule has 2 unspecified atom stereocenters. The summed E-state index contributed by atoms with van der Waals surface area (Å²) in [5, 5.41) is 3.56. The van der Waals surface area contributed by atoms with Crippen molar-refractivity contribution in [2.45, 2.75) is 57.2 Å². The molecule has 5 nitrogen and oxygen atoms in total. The average molecular weight is 440 g/mol. The minimum absolute atomic E-state index is 0.0798. The van der Waals surface area contributed by atoms with Crippen molar-refractivity contribution < 1.29 is 13.9 Å². The third-order valence-corrected chi connectivity index (χ3v) is 7.38. The molecule has 1 N–H and O–H groups in total. The summed E-state index contributed by atoms with van der Waals surface area (Å²) in [6, 6.07) is 14.5. The van der Waals surface area contributed by atoms with Crippen molar-refractivity contribution in [3.63, 3.8) is 0 Å². The molecule has 1 amide bonds. The highest BCUT2D eigenvalue weighted by Gasteiger charge is 2.40. The second kappa shape index (κ2) is 8.55. The van der Waals surface area contributed by atoms with Crippen LogP contribution in [0.4, 0.5) is 4.39 Å². The van der Waals surface area contributed by atoms with Crippen LogP contribution in [0.3, 0.4) is 0 Å². The molecule has 3 aromatic rings. The van der Waals surface area contributed by atoms with E-state index >= 15 is 0 Å². The van der Waals surface area contributed by atoms with E-state index in [-0.39, 0.29) is 11.7 Å². The van der Waals surface area contributed by atoms with E-state index in [1.54, 1.807) is 19.1 Å². The lowest BCUT2D eigenvalue weighted by Gasteiger charge is -2.39. The number of aromatic nitrogens is 1. The van der Waals surface area contributed by atoms with Crippen LogP contribution in [0.1, 0.15) is 38.2 Å². The highest BCUT2D eigenvalue weighted by atomic mass is 32.1. The van der Waals surface area contributed by atoms with E-state index in [4.69, 9.17) is 4.74 Å². The van der Waals surface area contributed by atoms with Gasteiger partial charge in [-0.15, -0.1) is 0 Å². The third kappa shape index (κ3) is 4.43. The van der Waals surface area contributed by atoms with Crippen LogP contribution >= 0.6 is 11.3 Å². The van der Waals surface area contributed by atoms with Crippen molar-refractivity contribution in [1.82, 2.24) is 15.2 Å². The number of ether oxygens (including phenoxy) is 1. The van der Waals surface area contributed by atoms with Crippen molar-refractivity contribution in [3.8, 4) is 10.9 Å². The quantitative estimate of drug-likeness (QED) is 0.593. The molecule has 7 heteroatoms. The number of thiazole rings is 1. The predicted octanol–water partition coefficient (Wildman–Crippen LogP) is 4.90. The summed E-state index contributed by atoms with van der Waals surface area (Å²) in [4.78, 5) is 18.4. The molecule has 0 aliphatic carbocycles. The van der Waals surface area contributed by atoms with E-state index in [1.165, 1.54) is 35.8 Å². The minimum atomic E-state index is -0.268. The van der Waals surface area contributed by atoms with Crippen molar-refractivity contribution in [1.29, 1.82) is 0 Å². The Morgan fingerprint density at radius 3 is 2.61 bits per heavy atom. The summed E-state index contributed by atoms with van der Waals surface area (Å²) >= 11 is 1.22. The topological polar surface area (TPSA) is 54.5 Å². The molecular weight excluding hydrogens is 413 g/mol. The maximum absolute atomic E-state index is 13.9. The molecule has 2 bridgehead atoms. The van der Waals surface area contributed by atoms with E-state index in [2.05, 4.69) is 27.3 Å². The van der Waals surface area contributed by atoms with Crippen molar-refractivity contribution in [2.75, 3.05) is 6.54 Å². The number of carbonyl (C=O) groups excluding carboxylic acids is 1. The van der Waals surface area contributed by atoms with Gasteiger partial charge in [0, 0.05) is 31.6 Å². The van der Waals surface area contributed by atoms with Crippen molar-refractivity contribution in [2.24, 2.45) is 0 Å². The van der Waals surface area contributed by atoms with Gasteiger partial charge in [-0.3, -0.25) is 9.69 Å². The molecule has 2 aliphatic rings. The molecule has 162 valence electrons. The number of rotatable bonds is 6. The first-order chi connectivity index (χ1) is 15.0. The second-order valence-corrected chi connectivity index (χ2v) is 9.52. The number of hydrogen-bond donors (Lipinski definition) is 1. The van der Waals surface area contributed by atoms with Gasteiger partial charge in [-0.25, -0.2) is 9.37 Å². The van der Waals surface area contributed by atoms with Crippen molar-refractivity contribution in [3.05, 3.63) is 53.8 Å². The molecule has 31 heavy (non-hydrogen) atoms. The van der Waals surface area contributed by atoms with Gasteiger partial charge in [0.2, 0.25) is 5.91 Å². The maximum Gasteiger partial charge on any atom is 0.279 e. The molecular formula is C24H26FN3O2S. The number of piperidine rings is 1. The molecule has 2 aliphatic heterocycles. The summed E-state index contributed by atoms with van der Waals surface area (Å²) in [6.45, 7) is 2.65. The zero-order valence-corrected chi connectivity index (χ0v) is 18.3. The smallest absolute Gasteiger partial charge is 0.279 e. The normalized spacial score (nSPS) is 23.2. The van der Waals surface area contributed by atoms with Crippen LogP contribution in [0.2, 0.25) is 0 Å². The number of fused-ring (bicyclic) bond motifs is 3. The molecule has 0 radical (unpaired) electrons. The highest BCUT2D eigenvalue weighted by Crippen LogP contribution is 2.36. The van der Waals surface area contributed by atoms with Gasteiger partial charge in [0.05, 0.1) is 10.2 Å². The van der Waals surface area contributed by atoms with Gasteiger partial charge >= 0.3 is 0 Å². The van der Waals surface area contributed by atoms with E-state index in [1.807, 2.05) is 12.1 Å². The molecule has 3 heterocycles. The number of hydrogen-bond acceptors (Lipinski definition) is 5. The summed E-state index contributed by atoms with van der Waals surface area (Å²) in [5.41, 5.74) is 1.89. The Balaban J connectivity index is 1.17. The van der Waals surface area contributed by atoms with Crippen LogP contribution in [0, 0.1) is 5.82 Å². The SMILES string of the molecule is CC(=O)NC1CC2CC[C@H](C1)N2CCc1ccc(Oc2nc3cccc(F)c3s2)cc1. The fraction of sp³-hybridized carbons (Fsp3) is 0.417. The zero-order chi connectivity index (χ0) is 21.4.